The van der Waals surface area contributed by atoms with Crippen molar-refractivity contribution in [2.45, 2.75) is 6.92 Å². The van der Waals surface area contributed by atoms with Crippen molar-refractivity contribution in [3.8, 4) is 10.6 Å². The monoisotopic (exact) mass is 253 g/mol. The lowest BCUT2D eigenvalue weighted by molar-refractivity contribution is 1.27. The van der Waals surface area contributed by atoms with Gasteiger partial charge in [-0.15, -0.1) is 11.3 Å². The number of thiazole rings is 1. The predicted molar refractivity (Wildman–Crippen MR) is 60.0 cm³/mol. The average molecular weight is 254 g/mol. The van der Waals surface area contributed by atoms with E-state index in [1.54, 1.807) is 11.3 Å². The Bertz CT molecular complexity index is 422. The molecule has 0 amide bonds. The van der Waals surface area contributed by atoms with Crippen LogP contribution in [0.2, 0.25) is 0 Å². The molecule has 0 saturated heterocycles. The van der Waals surface area contributed by atoms with E-state index >= 15 is 0 Å². The molecule has 0 radical (unpaired) electrons. The van der Waals surface area contributed by atoms with Crippen molar-refractivity contribution in [3.63, 3.8) is 0 Å². The molecular weight excluding hydrogens is 246 g/mol. The molecule has 0 unspecified atom stereocenters. The minimum absolute atomic E-state index is 1.07. The lowest BCUT2D eigenvalue weighted by atomic mass is 10.2. The smallest absolute Gasteiger partial charge is 0.124 e. The highest BCUT2D eigenvalue weighted by Crippen LogP contribution is 2.29. The fraction of sp³-hybridized carbons (Fsp3) is 0.100. The Balaban J connectivity index is 2.52. The Kier molecular flexibility index (Phi) is 2.47. The molecule has 0 spiro atoms. The van der Waals surface area contributed by atoms with Crippen molar-refractivity contribution in [3.05, 3.63) is 39.8 Å². The van der Waals surface area contributed by atoms with Gasteiger partial charge in [-0.3, -0.25) is 0 Å². The summed E-state index contributed by atoms with van der Waals surface area (Å²) in [5.41, 5.74) is 2.25. The first-order chi connectivity index (χ1) is 6.27. The molecule has 0 N–H and O–H groups in total. The van der Waals surface area contributed by atoms with E-state index in [0.29, 0.717) is 0 Å². The summed E-state index contributed by atoms with van der Waals surface area (Å²) in [4.78, 5) is 4.43. The van der Waals surface area contributed by atoms with Gasteiger partial charge in [0, 0.05) is 21.1 Å². The van der Waals surface area contributed by atoms with Crippen LogP contribution in [0.15, 0.2) is 34.1 Å². The second kappa shape index (κ2) is 3.60. The Morgan fingerprint density at radius 3 is 2.69 bits per heavy atom. The summed E-state index contributed by atoms with van der Waals surface area (Å²) >= 11 is 5.18. The summed E-state index contributed by atoms with van der Waals surface area (Å²) in [6, 6.07) is 8.14. The first-order valence-corrected chi connectivity index (χ1v) is 5.61. The highest BCUT2D eigenvalue weighted by molar-refractivity contribution is 9.10. The molecule has 3 heteroatoms. The Hall–Kier alpha value is -0.670. The van der Waals surface area contributed by atoms with Gasteiger partial charge >= 0.3 is 0 Å². The summed E-state index contributed by atoms with van der Waals surface area (Å²) in [5.74, 6) is 0. The number of aryl methyl sites for hydroxylation is 1. The zero-order valence-corrected chi connectivity index (χ0v) is 9.52. The molecular formula is C10H8BrNS. The molecule has 1 heterocycles. The zero-order chi connectivity index (χ0) is 9.26. The van der Waals surface area contributed by atoms with Crippen LogP contribution in [0.5, 0.6) is 0 Å². The van der Waals surface area contributed by atoms with Gasteiger partial charge in [-0.2, -0.15) is 0 Å². The van der Waals surface area contributed by atoms with Crippen LogP contribution in [-0.2, 0) is 0 Å². The Labute approximate surface area is 89.6 Å². The van der Waals surface area contributed by atoms with Crippen LogP contribution in [0, 0.1) is 6.92 Å². The van der Waals surface area contributed by atoms with Gasteiger partial charge in [0.05, 0.1) is 0 Å². The van der Waals surface area contributed by atoms with Crippen molar-refractivity contribution in [1.29, 1.82) is 0 Å². The Morgan fingerprint density at radius 1 is 1.31 bits per heavy atom. The lowest BCUT2D eigenvalue weighted by Gasteiger charge is -1.98. The van der Waals surface area contributed by atoms with Crippen molar-refractivity contribution in [2.75, 3.05) is 0 Å². The van der Waals surface area contributed by atoms with Crippen LogP contribution in [0.3, 0.4) is 0 Å². The predicted octanol–water partition coefficient (Wildman–Crippen LogP) is 3.88. The molecule has 13 heavy (non-hydrogen) atoms. The van der Waals surface area contributed by atoms with Crippen molar-refractivity contribution < 1.29 is 0 Å². The molecule has 0 aliphatic rings. The third kappa shape index (κ3) is 1.81. The summed E-state index contributed by atoms with van der Waals surface area (Å²) in [5, 5.41) is 3.14. The van der Waals surface area contributed by atoms with Crippen LogP contribution in [0.25, 0.3) is 10.6 Å². The molecule has 2 aromatic rings. The lowest BCUT2D eigenvalue weighted by Crippen LogP contribution is -1.77. The van der Waals surface area contributed by atoms with Gasteiger partial charge in [-0.05, 0) is 13.0 Å². The van der Waals surface area contributed by atoms with Crippen LogP contribution in [0.4, 0.5) is 0 Å². The Morgan fingerprint density at radius 2 is 2.08 bits per heavy atom. The molecule has 1 nitrogen and oxygen atoms in total. The number of benzene rings is 1. The van der Waals surface area contributed by atoms with Gasteiger partial charge in [0.1, 0.15) is 5.01 Å². The number of hydrogen-bond acceptors (Lipinski definition) is 2. The van der Waals surface area contributed by atoms with Gasteiger partial charge in [0.25, 0.3) is 0 Å². The molecule has 0 bridgehead atoms. The van der Waals surface area contributed by atoms with Gasteiger partial charge in [-0.1, -0.05) is 34.1 Å². The molecule has 0 aliphatic carbocycles. The highest BCUT2D eigenvalue weighted by atomic mass is 79.9. The van der Waals surface area contributed by atoms with E-state index in [1.165, 1.54) is 5.56 Å². The standard InChI is InChI=1S/C10H8BrNS/c1-7-6-13-10(12-7)8-4-2-3-5-9(8)11/h2-6H,1H3. The fourth-order valence-corrected chi connectivity index (χ4v) is 2.55. The SMILES string of the molecule is Cc1csc(-c2ccccc2Br)n1. The van der Waals surface area contributed by atoms with Crippen molar-refractivity contribution in [2.24, 2.45) is 0 Å². The zero-order valence-electron chi connectivity index (χ0n) is 7.12. The van der Waals surface area contributed by atoms with E-state index in [9.17, 15) is 0 Å². The van der Waals surface area contributed by atoms with Crippen LogP contribution >= 0.6 is 27.3 Å². The first-order valence-electron chi connectivity index (χ1n) is 3.94. The van der Waals surface area contributed by atoms with E-state index in [2.05, 4.69) is 32.4 Å². The fourth-order valence-electron chi connectivity index (χ4n) is 1.11. The molecule has 0 aliphatic heterocycles. The van der Waals surface area contributed by atoms with Crippen LogP contribution in [-0.4, -0.2) is 4.98 Å². The molecule has 0 saturated carbocycles. The summed E-state index contributed by atoms with van der Waals surface area (Å²) in [6.45, 7) is 2.01. The maximum Gasteiger partial charge on any atom is 0.124 e. The minimum Gasteiger partial charge on any atom is -0.241 e. The topological polar surface area (TPSA) is 12.9 Å². The summed E-state index contributed by atoms with van der Waals surface area (Å²) in [6.07, 6.45) is 0. The molecule has 2 rings (SSSR count). The molecule has 1 aromatic carbocycles. The number of hydrogen-bond donors (Lipinski definition) is 0. The quantitative estimate of drug-likeness (QED) is 0.752. The molecule has 1 aromatic heterocycles. The van der Waals surface area contributed by atoms with E-state index in [-0.39, 0.29) is 0 Å². The number of nitrogens with zero attached hydrogens (tertiary/aromatic N) is 1. The van der Waals surface area contributed by atoms with E-state index in [1.807, 2.05) is 25.1 Å². The third-order valence-corrected chi connectivity index (χ3v) is 3.41. The van der Waals surface area contributed by atoms with Crippen LogP contribution in [0.1, 0.15) is 5.69 Å². The van der Waals surface area contributed by atoms with Crippen LogP contribution < -0.4 is 0 Å². The van der Waals surface area contributed by atoms with Gasteiger partial charge in [0.2, 0.25) is 0 Å². The highest BCUT2D eigenvalue weighted by Gasteiger charge is 2.04. The van der Waals surface area contributed by atoms with Gasteiger partial charge < -0.3 is 0 Å². The third-order valence-electron chi connectivity index (χ3n) is 1.72. The molecule has 66 valence electrons. The molecule has 0 fully saturated rings. The van der Waals surface area contributed by atoms with Crippen molar-refractivity contribution >= 4 is 27.3 Å². The largest absolute Gasteiger partial charge is 0.241 e. The normalized spacial score (nSPS) is 10.3. The average Bonchev–Trinajstić information content (AvgIpc) is 2.53. The number of aromatic nitrogens is 1. The number of rotatable bonds is 1. The second-order valence-corrected chi connectivity index (χ2v) is 4.49. The van der Waals surface area contributed by atoms with Crippen molar-refractivity contribution in [1.82, 2.24) is 4.98 Å². The first kappa shape index (κ1) is 8.91. The number of halogens is 1. The van der Waals surface area contributed by atoms with E-state index in [0.717, 1.165) is 15.2 Å². The maximum atomic E-state index is 4.43. The second-order valence-electron chi connectivity index (χ2n) is 2.77. The van der Waals surface area contributed by atoms with Gasteiger partial charge in [-0.25, -0.2) is 4.98 Å². The molecule has 0 atom stereocenters. The summed E-state index contributed by atoms with van der Waals surface area (Å²) < 4.78 is 1.10. The van der Waals surface area contributed by atoms with Gasteiger partial charge in [0.15, 0.2) is 0 Å². The maximum absolute atomic E-state index is 4.43. The van der Waals surface area contributed by atoms with E-state index < -0.39 is 0 Å². The summed E-state index contributed by atoms with van der Waals surface area (Å²) in [7, 11) is 0. The minimum atomic E-state index is 1.07. The van der Waals surface area contributed by atoms with E-state index in [4.69, 9.17) is 0 Å².